The van der Waals surface area contributed by atoms with E-state index in [0.717, 1.165) is 11.6 Å². The number of aromatic amines is 1. The first-order chi connectivity index (χ1) is 18.7. The second-order valence-corrected chi connectivity index (χ2v) is 8.40. The molecule has 1 amide bonds. The van der Waals surface area contributed by atoms with Crippen LogP contribution in [0.4, 0.5) is 23.4 Å². The number of H-pyrrole nitrogens is 1. The number of aromatic nitrogens is 5. The number of methoxy groups -OCH3 is 1. The van der Waals surface area contributed by atoms with Gasteiger partial charge >= 0.3 is 6.18 Å². The van der Waals surface area contributed by atoms with Gasteiger partial charge in [0.15, 0.2) is 11.6 Å². The average molecular weight is 537 g/mol. The highest BCUT2D eigenvalue weighted by Crippen LogP contribution is 2.35. The molecule has 0 bridgehead atoms. The Morgan fingerprint density at radius 1 is 1.05 bits per heavy atom. The number of hydrogen-bond donors (Lipinski definition) is 3. The van der Waals surface area contributed by atoms with Crippen LogP contribution in [0.3, 0.4) is 0 Å². The molecule has 4 N–H and O–H groups in total. The lowest BCUT2D eigenvalue weighted by Crippen LogP contribution is -2.23. The number of pyridine rings is 1. The second-order valence-electron chi connectivity index (χ2n) is 8.40. The summed E-state index contributed by atoms with van der Waals surface area (Å²) in [6.07, 6.45) is -1.73. The molecule has 0 radical (unpaired) electrons. The van der Waals surface area contributed by atoms with Crippen molar-refractivity contribution in [2.24, 2.45) is 0 Å². The number of anilines is 1. The van der Waals surface area contributed by atoms with E-state index in [-0.39, 0.29) is 29.5 Å². The van der Waals surface area contributed by atoms with Crippen molar-refractivity contribution in [2.45, 2.75) is 12.7 Å². The van der Waals surface area contributed by atoms with Crippen LogP contribution in [0.1, 0.15) is 21.5 Å². The van der Waals surface area contributed by atoms with Crippen LogP contribution in [-0.4, -0.2) is 38.2 Å². The Balaban J connectivity index is 1.39. The molecule has 9 nitrogen and oxygen atoms in total. The average Bonchev–Trinajstić information content (AvgIpc) is 3.32. The van der Waals surface area contributed by atoms with E-state index in [1.807, 2.05) is 0 Å². The minimum Gasteiger partial charge on any atom is -0.496 e. The van der Waals surface area contributed by atoms with Crippen LogP contribution in [0.25, 0.3) is 33.5 Å². The molecule has 0 saturated carbocycles. The van der Waals surface area contributed by atoms with Gasteiger partial charge in [-0.2, -0.15) is 18.3 Å². The van der Waals surface area contributed by atoms with Crippen LogP contribution in [0.2, 0.25) is 0 Å². The largest absolute Gasteiger partial charge is 0.496 e. The second kappa shape index (κ2) is 10.0. The summed E-state index contributed by atoms with van der Waals surface area (Å²) < 4.78 is 57.4. The first kappa shape index (κ1) is 25.6. The van der Waals surface area contributed by atoms with Crippen LogP contribution in [-0.2, 0) is 12.7 Å². The molecule has 0 aliphatic carbocycles. The van der Waals surface area contributed by atoms with E-state index in [9.17, 15) is 22.4 Å². The lowest BCUT2D eigenvalue weighted by molar-refractivity contribution is -0.138. The number of alkyl halides is 3. The molecule has 5 rings (SSSR count). The topological polar surface area (TPSA) is 132 Å². The highest BCUT2D eigenvalue weighted by molar-refractivity contribution is 6.05. The minimum atomic E-state index is -4.56. The Bertz CT molecular complexity index is 1670. The van der Waals surface area contributed by atoms with E-state index in [1.54, 1.807) is 24.3 Å². The Labute approximate surface area is 218 Å². The summed E-state index contributed by atoms with van der Waals surface area (Å²) in [4.78, 5) is 24.7. The molecule has 5 aromatic rings. The predicted octanol–water partition coefficient (Wildman–Crippen LogP) is 4.76. The summed E-state index contributed by atoms with van der Waals surface area (Å²) in [5, 5.41) is 10.00. The van der Waals surface area contributed by atoms with Crippen LogP contribution in [0.5, 0.6) is 5.75 Å². The van der Waals surface area contributed by atoms with Crippen molar-refractivity contribution in [1.29, 1.82) is 0 Å². The fourth-order valence-electron chi connectivity index (χ4n) is 3.97. The molecule has 0 aliphatic rings. The van der Waals surface area contributed by atoms with E-state index in [2.05, 4.69) is 30.5 Å². The van der Waals surface area contributed by atoms with Gasteiger partial charge in [-0.25, -0.2) is 14.4 Å². The van der Waals surface area contributed by atoms with Gasteiger partial charge in [0.1, 0.15) is 11.6 Å². The van der Waals surface area contributed by atoms with Gasteiger partial charge in [-0.15, -0.1) is 0 Å². The number of carbonyl (C=O) groups is 1. The maximum Gasteiger partial charge on any atom is 0.419 e. The van der Waals surface area contributed by atoms with Crippen molar-refractivity contribution >= 4 is 22.6 Å². The third kappa shape index (κ3) is 5.06. The lowest BCUT2D eigenvalue weighted by Gasteiger charge is -2.11. The number of nitrogens with zero attached hydrogens (tertiary/aromatic N) is 4. The molecule has 0 fully saturated rings. The Hall–Kier alpha value is -5.07. The number of rotatable bonds is 6. The highest BCUT2D eigenvalue weighted by atomic mass is 19.4. The standard InChI is InChI=1S/C26H19F4N7O2/c1-39-19-7-6-16(27)8-17(19)25(38)35-9-13-2-4-14(5-3-13)21-20-22(36-37-23(20)31)18(12-32-21)24-33-10-15(11-34-24)26(28,29)30/h2-8,10-12H,9H2,1H3,(H,35,38)(H3,31,36,37). The maximum absolute atomic E-state index is 13.6. The summed E-state index contributed by atoms with van der Waals surface area (Å²) in [6.45, 7) is 0.166. The van der Waals surface area contributed by atoms with Crippen LogP contribution >= 0.6 is 0 Å². The number of nitrogens with one attached hydrogen (secondary N) is 2. The molecule has 0 unspecified atom stereocenters. The number of carbonyl (C=O) groups excluding carboxylic acids is 1. The number of nitrogen functional groups attached to an aromatic ring is 1. The van der Waals surface area contributed by atoms with Gasteiger partial charge in [-0.3, -0.25) is 14.9 Å². The lowest BCUT2D eigenvalue weighted by atomic mass is 10.0. The SMILES string of the molecule is COc1ccc(F)cc1C(=O)NCc1ccc(-c2ncc(-c3ncc(C(F)(F)F)cn3)c3[nH]nc(N)c23)cc1. The van der Waals surface area contributed by atoms with Gasteiger partial charge in [0.2, 0.25) is 0 Å². The molecule has 198 valence electrons. The Morgan fingerprint density at radius 3 is 2.44 bits per heavy atom. The fraction of sp³-hybridized carbons (Fsp3) is 0.115. The third-order valence-electron chi connectivity index (χ3n) is 5.93. The molecule has 0 atom stereocenters. The van der Waals surface area contributed by atoms with Crippen LogP contribution < -0.4 is 15.8 Å². The molecule has 3 heterocycles. The third-order valence-corrected chi connectivity index (χ3v) is 5.93. The first-order valence-electron chi connectivity index (χ1n) is 11.4. The normalized spacial score (nSPS) is 11.5. The van der Waals surface area contributed by atoms with E-state index in [0.29, 0.717) is 40.1 Å². The molecule has 0 aliphatic heterocycles. The number of halogens is 4. The van der Waals surface area contributed by atoms with Crippen molar-refractivity contribution in [1.82, 2.24) is 30.5 Å². The summed E-state index contributed by atoms with van der Waals surface area (Å²) in [7, 11) is 1.39. The number of fused-ring (bicyclic) bond motifs is 1. The number of nitrogens with two attached hydrogens (primary N) is 1. The molecular formula is C26H19F4N7O2. The van der Waals surface area contributed by atoms with E-state index in [4.69, 9.17) is 10.5 Å². The fourth-order valence-corrected chi connectivity index (χ4v) is 3.97. The van der Waals surface area contributed by atoms with E-state index < -0.39 is 23.5 Å². The Morgan fingerprint density at radius 2 is 1.77 bits per heavy atom. The van der Waals surface area contributed by atoms with Gasteiger partial charge in [-0.1, -0.05) is 24.3 Å². The van der Waals surface area contributed by atoms with Crippen molar-refractivity contribution < 1.29 is 27.1 Å². The van der Waals surface area contributed by atoms with Gasteiger partial charge in [0, 0.05) is 30.7 Å². The van der Waals surface area contributed by atoms with E-state index >= 15 is 0 Å². The van der Waals surface area contributed by atoms with Gasteiger partial charge in [0.05, 0.1) is 40.4 Å². The Kier molecular flexibility index (Phi) is 6.56. The van der Waals surface area contributed by atoms with Crippen molar-refractivity contribution in [2.75, 3.05) is 12.8 Å². The zero-order valence-electron chi connectivity index (χ0n) is 20.2. The zero-order valence-corrected chi connectivity index (χ0v) is 20.2. The molecule has 3 aromatic heterocycles. The molecule has 0 saturated heterocycles. The van der Waals surface area contributed by atoms with Crippen LogP contribution in [0.15, 0.2) is 61.1 Å². The maximum atomic E-state index is 13.6. The van der Waals surface area contributed by atoms with Crippen molar-refractivity contribution in [3.8, 4) is 28.4 Å². The summed E-state index contributed by atoms with van der Waals surface area (Å²) in [6, 6.07) is 10.8. The van der Waals surface area contributed by atoms with Crippen molar-refractivity contribution in [3.05, 3.63) is 83.6 Å². The molecular weight excluding hydrogens is 518 g/mol. The molecule has 2 aromatic carbocycles. The predicted molar refractivity (Wildman–Crippen MR) is 134 cm³/mol. The summed E-state index contributed by atoms with van der Waals surface area (Å²) in [5.74, 6) is -0.634. The highest BCUT2D eigenvalue weighted by Gasteiger charge is 2.31. The van der Waals surface area contributed by atoms with Crippen LogP contribution in [0, 0.1) is 5.82 Å². The molecule has 0 spiro atoms. The van der Waals surface area contributed by atoms with E-state index in [1.165, 1.54) is 25.4 Å². The summed E-state index contributed by atoms with van der Waals surface area (Å²) >= 11 is 0. The zero-order chi connectivity index (χ0) is 27.7. The minimum absolute atomic E-state index is 0.0247. The monoisotopic (exact) mass is 537 g/mol. The van der Waals surface area contributed by atoms with Gasteiger partial charge < -0.3 is 15.8 Å². The number of benzene rings is 2. The number of ether oxygens (including phenoxy) is 1. The number of amides is 1. The molecule has 39 heavy (non-hydrogen) atoms. The first-order valence-corrected chi connectivity index (χ1v) is 11.4. The molecule has 13 heteroatoms. The van der Waals surface area contributed by atoms with Gasteiger partial charge in [0.25, 0.3) is 5.91 Å². The smallest absolute Gasteiger partial charge is 0.419 e. The van der Waals surface area contributed by atoms with Crippen molar-refractivity contribution in [3.63, 3.8) is 0 Å². The van der Waals surface area contributed by atoms with Gasteiger partial charge in [-0.05, 0) is 23.8 Å². The summed E-state index contributed by atoms with van der Waals surface area (Å²) in [5.41, 5.74) is 7.85. The number of hydrogen-bond acceptors (Lipinski definition) is 7. The quantitative estimate of drug-likeness (QED) is 0.266.